The number of nitrogens with two attached hydrogens (primary N) is 1. The maximum Gasteiger partial charge on any atom is 0.247 e. The Morgan fingerprint density at radius 1 is 1.79 bits per heavy atom. The number of amides is 2. The number of nitrogens with one attached hydrogen (secondary N) is 2. The first-order valence-electron chi connectivity index (χ1n) is 4.57. The third kappa shape index (κ3) is 3.31. The van der Waals surface area contributed by atoms with Gasteiger partial charge in [0.2, 0.25) is 11.8 Å². The summed E-state index contributed by atoms with van der Waals surface area (Å²) >= 11 is 0. The minimum atomic E-state index is -1.16. The molecule has 0 aromatic rings. The third-order valence-electron chi connectivity index (χ3n) is 2.14. The van der Waals surface area contributed by atoms with Crippen LogP contribution >= 0.6 is 0 Å². The summed E-state index contributed by atoms with van der Waals surface area (Å²) in [6.45, 7) is 0.678. The molecule has 0 aliphatic carbocycles. The predicted molar refractivity (Wildman–Crippen MR) is 49.2 cm³/mol. The van der Waals surface area contributed by atoms with Crippen molar-refractivity contribution in [2.24, 2.45) is 5.73 Å². The number of carbonyl (C=O) groups excluding carboxylic acids is 2. The Hall–Kier alpha value is -1.14. The van der Waals surface area contributed by atoms with Crippen molar-refractivity contribution >= 4 is 11.8 Å². The average molecular weight is 201 g/mol. The Kier molecular flexibility index (Phi) is 3.84. The first-order chi connectivity index (χ1) is 6.59. The number of aliphatic hydroxyl groups is 1. The van der Waals surface area contributed by atoms with E-state index in [4.69, 9.17) is 10.8 Å². The van der Waals surface area contributed by atoms with Crippen LogP contribution in [0.5, 0.6) is 0 Å². The van der Waals surface area contributed by atoms with Crippen molar-refractivity contribution in [1.82, 2.24) is 10.6 Å². The van der Waals surface area contributed by atoms with Gasteiger partial charge in [-0.15, -0.1) is 0 Å². The number of rotatable bonds is 5. The van der Waals surface area contributed by atoms with Crippen molar-refractivity contribution in [2.45, 2.75) is 25.0 Å². The minimum Gasteiger partial charge on any atom is -0.382 e. The van der Waals surface area contributed by atoms with Gasteiger partial charge >= 0.3 is 0 Å². The van der Waals surface area contributed by atoms with E-state index in [0.717, 1.165) is 6.42 Å². The van der Waals surface area contributed by atoms with Gasteiger partial charge in [0.25, 0.3) is 0 Å². The Labute approximate surface area is 81.8 Å². The van der Waals surface area contributed by atoms with Gasteiger partial charge in [-0.05, 0) is 6.42 Å². The smallest absolute Gasteiger partial charge is 0.247 e. The quantitative estimate of drug-likeness (QED) is 0.401. The van der Waals surface area contributed by atoms with E-state index in [2.05, 4.69) is 10.6 Å². The van der Waals surface area contributed by atoms with Gasteiger partial charge in [-0.3, -0.25) is 9.59 Å². The second kappa shape index (κ2) is 4.92. The average Bonchev–Trinajstić information content (AvgIpc) is 2.51. The van der Waals surface area contributed by atoms with Crippen LogP contribution in [-0.2, 0) is 9.59 Å². The number of hydrogen-bond donors (Lipinski definition) is 4. The van der Waals surface area contributed by atoms with E-state index in [1.165, 1.54) is 0 Å². The van der Waals surface area contributed by atoms with Gasteiger partial charge in [-0.25, -0.2) is 0 Å². The van der Waals surface area contributed by atoms with E-state index in [9.17, 15) is 9.59 Å². The molecule has 1 heterocycles. The summed E-state index contributed by atoms with van der Waals surface area (Å²) in [5, 5.41) is 14.6. The summed E-state index contributed by atoms with van der Waals surface area (Å²) in [6.07, 6.45) is 0.176. The standard InChI is InChI=1S/C8H15N3O3/c9-8(14)6(12)4-10-3-5-1-2-7(13)11-5/h5-6,10,12H,1-4H2,(H2,9,14)(H,11,13). The molecule has 1 aliphatic heterocycles. The van der Waals surface area contributed by atoms with Crippen molar-refractivity contribution in [3.63, 3.8) is 0 Å². The second-order valence-corrected chi connectivity index (χ2v) is 3.38. The fraction of sp³-hybridized carbons (Fsp3) is 0.750. The molecule has 14 heavy (non-hydrogen) atoms. The van der Waals surface area contributed by atoms with Crippen LogP contribution in [0.3, 0.4) is 0 Å². The van der Waals surface area contributed by atoms with Crippen LogP contribution < -0.4 is 16.4 Å². The normalized spacial score (nSPS) is 23.2. The maximum atomic E-state index is 10.8. The molecule has 0 aromatic carbocycles. The number of carbonyl (C=O) groups is 2. The highest BCUT2D eigenvalue weighted by atomic mass is 16.3. The van der Waals surface area contributed by atoms with E-state index in [1.807, 2.05) is 0 Å². The molecule has 1 fully saturated rings. The number of primary amides is 1. The summed E-state index contributed by atoms with van der Waals surface area (Å²) in [4.78, 5) is 21.2. The fourth-order valence-electron chi connectivity index (χ4n) is 1.33. The summed E-state index contributed by atoms with van der Waals surface area (Å²) in [5.41, 5.74) is 4.85. The van der Waals surface area contributed by atoms with E-state index < -0.39 is 12.0 Å². The number of hydrogen-bond acceptors (Lipinski definition) is 4. The first kappa shape index (κ1) is 10.9. The molecule has 6 nitrogen and oxygen atoms in total. The molecule has 6 heteroatoms. The molecule has 0 spiro atoms. The van der Waals surface area contributed by atoms with Crippen LogP contribution in [-0.4, -0.2) is 42.2 Å². The highest BCUT2D eigenvalue weighted by Crippen LogP contribution is 2.04. The lowest BCUT2D eigenvalue weighted by Crippen LogP contribution is -2.42. The van der Waals surface area contributed by atoms with Crippen molar-refractivity contribution < 1.29 is 14.7 Å². The zero-order valence-electron chi connectivity index (χ0n) is 7.82. The molecule has 0 radical (unpaired) electrons. The Morgan fingerprint density at radius 2 is 2.50 bits per heavy atom. The lowest BCUT2D eigenvalue weighted by Gasteiger charge is -2.12. The molecular formula is C8H15N3O3. The van der Waals surface area contributed by atoms with Crippen molar-refractivity contribution in [2.75, 3.05) is 13.1 Å². The summed E-state index contributed by atoms with van der Waals surface area (Å²) in [5.74, 6) is -0.694. The molecule has 2 atom stereocenters. The predicted octanol–water partition coefficient (Wildman–Crippen LogP) is -2.30. The summed E-state index contributed by atoms with van der Waals surface area (Å²) in [7, 11) is 0. The van der Waals surface area contributed by atoms with Crippen LogP contribution in [0.15, 0.2) is 0 Å². The Morgan fingerprint density at radius 3 is 3.00 bits per heavy atom. The highest BCUT2D eigenvalue weighted by Gasteiger charge is 2.20. The van der Waals surface area contributed by atoms with Crippen molar-refractivity contribution in [3.8, 4) is 0 Å². The molecule has 2 unspecified atom stereocenters. The lowest BCUT2D eigenvalue weighted by molar-refractivity contribution is -0.125. The van der Waals surface area contributed by atoms with Crippen LogP contribution in [0.1, 0.15) is 12.8 Å². The molecule has 0 bridgehead atoms. The van der Waals surface area contributed by atoms with E-state index in [-0.39, 0.29) is 18.5 Å². The fourth-order valence-corrected chi connectivity index (χ4v) is 1.33. The molecule has 1 rings (SSSR count). The largest absolute Gasteiger partial charge is 0.382 e. The van der Waals surface area contributed by atoms with Gasteiger partial charge in [0.1, 0.15) is 6.10 Å². The van der Waals surface area contributed by atoms with E-state index in [0.29, 0.717) is 13.0 Å². The van der Waals surface area contributed by atoms with Gasteiger partial charge in [-0.1, -0.05) is 0 Å². The van der Waals surface area contributed by atoms with Crippen LogP contribution in [0, 0.1) is 0 Å². The Balaban J connectivity index is 2.09. The zero-order valence-corrected chi connectivity index (χ0v) is 7.82. The monoisotopic (exact) mass is 201 g/mol. The van der Waals surface area contributed by atoms with Gasteiger partial charge < -0.3 is 21.5 Å². The molecule has 1 saturated heterocycles. The molecular weight excluding hydrogens is 186 g/mol. The zero-order chi connectivity index (χ0) is 10.6. The summed E-state index contributed by atoms with van der Waals surface area (Å²) in [6, 6.07) is 0.0996. The molecule has 1 aliphatic rings. The highest BCUT2D eigenvalue weighted by molar-refractivity contribution is 5.79. The maximum absolute atomic E-state index is 10.8. The topological polar surface area (TPSA) is 104 Å². The van der Waals surface area contributed by atoms with Crippen LogP contribution in [0.2, 0.25) is 0 Å². The number of aliphatic hydroxyl groups excluding tert-OH is 1. The molecule has 0 aromatic heterocycles. The van der Waals surface area contributed by atoms with Gasteiger partial charge in [0.05, 0.1) is 0 Å². The molecule has 0 saturated carbocycles. The second-order valence-electron chi connectivity index (χ2n) is 3.38. The van der Waals surface area contributed by atoms with E-state index >= 15 is 0 Å². The molecule has 2 amide bonds. The van der Waals surface area contributed by atoms with Crippen molar-refractivity contribution in [3.05, 3.63) is 0 Å². The van der Waals surface area contributed by atoms with Gasteiger partial charge in [-0.2, -0.15) is 0 Å². The van der Waals surface area contributed by atoms with Crippen molar-refractivity contribution in [1.29, 1.82) is 0 Å². The SMILES string of the molecule is NC(=O)C(O)CNCC1CCC(=O)N1. The Bertz CT molecular complexity index is 232. The lowest BCUT2D eigenvalue weighted by atomic mass is 10.2. The minimum absolute atomic E-state index is 0.0484. The summed E-state index contributed by atoms with van der Waals surface area (Å²) < 4.78 is 0. The van der Waals surface area contributed by atoms with Gasteiger partial charge in [0, 0.05) is 25.6 Å². The van der Waals surface area contributed by atoms with E-state index in [1.54, 1.807) is 0 Å². The van der Waals surface area contributed by atoms with Gasteiger partial charge in [0.15, 0.2) is 0 Å². The first-order valence-corrected chi connectivity index (χ1v) is 4.57. The molecule has 5 N–H and O–H groups in total. The van der Waals surface area contributed by atoms with Crippen LogP contribution in [0.4, 0.5) is 0 Å². The van der Waals surface area contributed by atoms with Crippen LogP contribution in [0.25, 0.3) is 0 Å². The third-order valence-corrected chi connectivity index (χ3v) is 2.14. The molecule has 80 valence electrons.